The first-order chi connectivity index (χ1) is 19.5. The molecule has 10 nitrogen and oxygen atoms in total. The lowest BCUT2D eigenvalue weighted by atomic mass is 9.98. The van der Waals surface area contributed by atoms with Crippen molar-refractivity contribution in [1.29, 1.82) is 0 Å². The van der Waals surface area contributed by atoms with Gasteiger partial charge in [-0.1, -0.05) is 12.1 Å². The van der Waals surface area contributed by atoms with Gasteiger partial charge in [0.2, 0.25) is 0 Å². The molecule has 2 amide bonds. The molecule has 3 aromatic rings. The molecule has 0 atom stereocenters. The first-order valence-electron chi connectivity index (χ1n) is 12.8. The summed E-state index contributed by atoms with van der Waals surface area (Å²) in [7, 11) is 0. The van der Waals surface area contributed by atoms with Crippen molar-refractivity contribution < 1.29 is 31.9 Å². The molecule has 1 saturated heterocycles. The molecule has 14 heteroatoms. The van der Waals surface area contributed by atoms with Gasteiger partial charge in [0.1, 0.15) is 17.7 Å². The number of morpholine rings is 1. The minimum atomic E-state index is -4.54. The summed E-state index contributed by atoms with van der Waals surface area (Å²) >= 11 is 0. The van der Waals surface area contributed by atoms with E-state index in [2.05, 4.69) is 25.6 Å². The molecule has 0 spiro atoms. The predicted octanol–water partition coefficient (Wildman–Crippen LogP) is 4.44. The van der Waals surface area contributed by atoms with Crippen molar-refractivity contribution in [3.8, 4) is 11.1 Å². The van der Waals surface area contributed by atoms with Crippen molar-refractivity contribution >= 4 is 28.8 Å². The van der Waals surface area contributed by atoms with Crippen molar-refractivity contribution in [2.45, 2.75) is 32.5 Å². The number of ketones is 1. The van der Waals surface area contributed by atoms with E-state index >= 15 is 4.39 Å². The predicted molar refractivity (Wildman–Crippen MR) is 143 cm³/mol. The van der Waals surface area contributed by atoms with Gasteiger partial charge in [-0.3, -0.25) is 9.69 Å². The average Bonchev–Trinajstić information content (AvgIpc) is 3.25. The molecule has 2 aromatic heterocycles. The van der Waals surface area contributed by atoms with Crippen LogP contribution in [-0.2, 0) is 11.3 Å². The number of fused-ring (bicyclic) bond motifs is 1. The van der Waals surface area contributed by atoms with Gasteiger partial charge in [0.25, 0.3) is 0 Å². The Morgan fingerprint density at radius 2 is 1.93 bits per heavy atom. The molecule has 1 aliphatic carbocycles. The largest absolute Gasteiger partial charge is 0.416 e. The lowest BCUT2D eigenvalue weighted by molar-refractivity contribution is -0.0887. The average molecular weight is 574 g/mol. The van der Waals surface area contributed by atoms with Crippen molar-refractivity contribution in [1.82, 2.24) is 24.8 Å². The van der Waals surface area contributed by atoms with Crippen LogP contribution < -0.4 is 16.4 Å². The fraction of sp³-hybridized carbons (Fsp3) is 0.333. The van der Waals surface area contributed by atoms with Crippen molar-refractivity contribution in [3.05, 3.63) is 65.0 Å². The maximum atomic E-state index is 15.3. The quantitative estimate of drug-likeness (QED) is 0.294. The zero-order chi connectivity index (χ0) is 29.3. The van der Waals surface area contributed by atoms with Gasteiger partial charge in [-0.15, -0.1) is 0 Å². The number of anilines is 2. The van der Waals surface area contributed by atoms with E-state index in [0.29, 0.717) is 60.7 Å². The van der Waals surface area contributed by atoms with Crippen LogP contribution in [0.5, 0.6) is 0 Å². The second-order valence-electron chi connectivity index (χ2n) is 9.69. The van der Waals surface area contributed by atoms with Crippen LogP contribution in [-0.4, -0.2) is 63.8 Å². The van der Waals surface area contributed by atoms with Crippen LogP contribution in [0.3, 0.4) is 0 Å². The number of nitrogens with zero attached hydrogens (tertiary/aromatic N) is 4. The molecule has 3 heterocycles. The number of allylic oxidation sites excluding steroid dienone is 4. The minimum absolute atomic E-state index is 0.0593. The number of benzene rings is 1. The number of urea groups is 1. The third kappa shape index (κ3) is 5.93. The van der Waals surface area contributed by atoms with Gasteiger partial charge < -0.3 is 21.1 Å². The Morgan fingerprint density at radius 3 is 2.61 bits per heavy atom. The second kappa shape index (κ2) is 11.3. The van der Waals surface area contributed by atoms with Crippen LogP contribution in [0.15, 0.2) is 47.9 Å². The van der Waals surface area contributed by atoms with Gasteiger partial charge in [0.15, 0.2) is 11.6 Å². The number of carbonyl (C=O) groups is 2. The molecule has 0 saturated carbocycles. The van der Waals surface area contributed by atoms with Gasteiger partial charge in [0.05, 0.1) is 35.7 Å². The second-order valence-corrected chi connectivity index (χ2v) is 9.69. The molecule has 0 radical (unpaired) electrons. The molecule has 2 aliphatic rings. The summed E-state index contributed by atoms with van der Waals surface area (Å²) in [6.07, 6.45) is -1.06. The molecule has 0 bridgehead atoms. The van der Waals surface area contributed by atoms with Gasteiger partial charge in [-0.2, -0.15) is 18.3 Å². The Bertz CT molecular complexity index is 1570. The molecule has 5 rings (SSSR count). The summed E-state index contributed by atoms with van der Waals surface area (Å²) < 4.78 is 61.3. The number of nitrogens with one attached hydrogen (secondary N) is 2. The van der Waals surface area contributed by atoms with Crippen LogP contribution in [0.25, 0.3) is 16.6 Å². The number of ether oxygens (including phenoxy) is 1. The number of Topliss-reactive ketones (excluding diaryl/α,β-unsaturated/α-hetero) is 1. The van der Waals surface area contributed by atoms with E-state index in [0.717, 1.165) is 18.2 Å². The van der Waals surface area contributed by atoms with E-state index in [1.54, 1.807) is 4.52 Å². The molecule has 0 unspecified atom stereocenters. The maximum absolute atomic E-state index is 15.3. The van der Waals surface area contributed by atoms with E-state index in [-0.39, 0.29) is 35.8 Å². The van der Waals surface area contributed by atoms with Crippen molar-refractivity contribution in [2.75, 3.05) is 37.4 Å². The van der Waals surface area contributed by atoms with Crippen LogP contribution in [0, 0.1) is 5.82 Å². The maximum Gasteiger partial charge on any atom is 0.416 e. The Balaban J connectivity index is 1.46. The van der Waals surface area contributed by atoms with Crippen molar-refractivity contribution in [2.24, 2.45) is 0 Å². The monoisotopic (exact) mass is 573 g/mol. The highest BCUT2D eigenvalue weighted by Crippen LogP contribution is 2.37. The SMILES string of the molecule is CC(=O)c1c(-c2ccc(NC(=O)NC3=CC(C(F)(F)F)=CCC3)c(F)c2)c2c(N)ncnn2c1CN1CCOCC1. The summed E-state index contributed by atoms with van der Waals surface area (Å²) in [5.74, 6) is -1.01. The molecule has 1 aromatic carbocycles. The minimum Gasteiger partial charge on any atom is -0.382 e. The summed E-state index contributed by atoms with van der Waals surface area (Å²) in [6.45, 7) is 4.19. The Labute approximate surface area is 231 Å². The molecule has 1 aliphatic heterocycles. The number of rotatable bonds is 6. The third-order valence-corrected chi connectivity index (χ3v) is 6.89. The number of amides is 2. The number of aromatic nitrogens is 3. The number of hydrogen-bond acceptors (Lipinski definition) is 7. The zero-order valence-corrected chi connectivity index (χ0v) is 22.0. The fourth-order valence-corrected chi connectivity index (χ4v) is 5.02. The van der Waals surface area contributed by atoms with Crippen molar-refractivity contribution in [3.63, 3.8) is 0 Å². The highest BCUT2D eigenvalue weighted by Gasteiger charge is 2.33. The normalized spacial score (nSPS) is 16.3. The highest BCUT2D eigenvalue weighted by molar-refractivity contribution is 6.08. The van der Waals surface area contributed by atoms with Gasteiger partial charge in [-0.05, 0) is 43.5 Å². The first kappa shape index (κ1) is 28.2. The Kier molecular flexibility index (Phi) is 7.78. The summed E-state index contributed by atoms with van der Waals surface area (Å²) in [5.41, 5.74) is 7.11. The number of alkyl halides is 3. The van der Waals surface area contributed by atoms with E-state index in [1.165, 1.54) is 25.4 Å². The Morgan fingerprint density at radius 1 is 1.17 bits per heavy atom. The van der Waals surface area contributed by atoms with Crippen LogP contribution in [0.4, 0.5) is 33.9 Å². The lowest BCUT2D eigenvalue weighted by Crippen LogP contribution is -2.36. The standard InChI is InChI=1S/C27H27F4N7O3/c1-15(39)22-21(13-37-7-9-41-10-8-37)38-24(25(32)33-14-34-38)23(22)16-5-6-20(19(28)11-16)36-26(40)35-18-4-2-3-17(12-18)27(29,30)31/h3,5-6,11-12,14H,2,4,7-10,13H2,1H3,(H2,32,33,34)(H2,35,36,40). The fourth-order valence-electron chi connectivity index (χ4n) is 5.02. The van der Waals surface area contributed by atoms with E-state index in [4.69, 9.17) is 10.5 Å². The van der Waals surface area contributed by atoms with Crippen LogP contribution in [0.2, 0.25) is 0 Å². The van der Waals surface area contributed by atoms with E-state index in [1.807, 2.05) is 0 Å². The Hall–Kier alpha value is -4.30. The summed E-state index contributed by atoms with van der Waals surface area (Å²) in [5, 5.41) is 9.01. The number of hydrogen-bond donors (Lipinski definition) is 3. The van der Waals surface area contributed by atoms with Crippen LogP contribution in [0.1, 0.15) is 35.8 Å². The molecular formula is C27H27F4N7O3. The zero-order valence-electron chi connectivity index (χ0n) is 22.0. The van der Waals surface area contributed by atoms with E-state index < -0.39 is 23.6 Å². The van der Waals surface area contributed by atoms with Gasteiger partial charge in [-0.25, -0.2) is 18.7 Å². The topological polar surface area (TPSA) is 127 Å². The number of nitrogens with two attached hydrogens (primary N) is 1. The van der Waals surface area contributed by atoms with E-state index in [9.17, 15) is 22.8 Å². The van der Waals surface area contributed by atoms with Crippen LogP contribution >= 0.6 is 0 Å². The highest BCUT2D eigenvalue weighted by atomic mass is 19.4. The smallest absolute Gasteiger partial charge is 0.382 e. The van der Waals surface area contributed by atoms with Gasteiger partial charge in [0, 0.05) is 30.9 Å². The molecular weight excluding hydrogens is 546 g/mol. The lowest BCUT2D eigenvalue weighted by Gasteiger charge is -2.26. The molecule has 4 N–H and O–H groups in total. The summed E-state index contributed by atoms with van der Waals surface area (Å²) in [6, 6.07) is 3.06. The molecule has 1 fully saturated rings. The number of carbonyl (C=O) groups excluding carboxylic acids is 2. The summed E-state index contributed by atoms with van der Waals surface area (Å²) in [4.78, 5) is 31.6. The molecule has 41 heavy (non-hydrogen) atoms. The molecule has 216 valence electrons. The first-order valence-corrected chi connectivity index (χ1v) is 12.8. The third-order valence-electron chi connectivity index (χ3n) is 6.89. The number of nitrogen functional groups attached to an aromatic ring is 1. The number of halogens is 4. The van der Waals surface area contributed by atoms with Gasteiger partial charge >= 0.3 is 12.2 Å².